The molecule has 21 heavy (non-hydrogen) atoms. The van der Waals surface area contributed by atoms with Crippen molar-refractivity contribution in [2.24, 2.45) is 0 Å². The summed E-state index contributed by atoms with van der Waals surface area (Å²) in [5, 5.41) is 7.97. The van der Waals surface area contributed by atoms with Gasteiger partial charge in [-0.1, -0.05) is 11.6 Å². The predicted molar refractivity (Wildman–Crippen MR) is 81.5 cm³/mol. The van der Waals surface area contributed by atoms with Gasteiger partial charge in [0.05, 0.1) is 5.02 Å². The van der Waals surface area contributed by atoms with E-state index in [2.05, 4.69) is 15.4 Å². The van der Waals surface area contributed by atoms with Gasteiger partial charge in [0.25, 0.3) is 0 Å². The van der Waals surface area contributed by atoms with Crippen LogP contribution in [0.5, 0.6) is 0 Å². The van der Waals surface area contributed by atoms with E-state index in [4.69, 9.17) is 11.6 Å². The predicted octanol–water partition coefficient (Wildman–Crippen LogP) is 2.20. The molecule has 0 saturated carbocycles. The third-order valence-corrected chi connectivity index (χ3v) is 3.85. The summed E-state index contributed by atoms with van der Waals surface area (Å²) >= 11 is 5.90. The van der Waals surface area contributed by atoms with Gasteiger partial charge in [0.15, 0.2) is 5.65 Å². The highest BCUT2D eigenvalue weighted by Gasteiger charge is 2.15. The minimum absolute atomic E-state index is 0.203. The number of anilines is 1. The Labute approximate surface area is 128 Å². The van der Waals surface area contributed by atoms with E-state index in [9.17, 15) is 4.79 Å². The summed E-state index contributed by atoms with van der Waals surface area (Å²) < 4.78 is 1.62. The molecule has 0 aromatic carbocycles. The molecule has 0 spiro atoms. The number of rotatable bonds is 4. The van der Waals surface area contributed by atoms with Crippen molar-refractivity contribution in [1.29, 1.82) is 0 Å². The van der Waals surface area contributed by atoms with Gasteiger partial charge in [-0.05, 0) is 31.4 Å². The summed E-state index contributed by atoms with van der Waals surface area (Å²) in [6.45, 7) is 2.33. The molecule has 1 N–H and O–H groups in total. The van der Waals surface area contributed by atoms with Gasteiger partial charge in [-0.2, -0.15) is 4.98 Å². The summed E-state index contributed by atoms with van der Waals surface area (Å²) in [5.41, 5.74) is 0.726. The van der Waals surface area contributed by atoms with Crippen LogP contribution < -0.4 is 5.32 Å². The first-order valence-electron chi connectivity index (χ1n) is 7.26. The Kier molecular flexibility index (Phi) is 4.24. The quantitative estimate of drug-likeness (QED) is 0.940. The van der Waals surface area contributed by atoms with Crippen molar-refractivity contribution in [2.45, 2.75) is 25.7 Å². The molecule has 1 aliphatic heterocycles. The van der Waals surface area contributed by atoms with Crippen LogP contribution >= 0.6 is 11.6 Å². The summed E-state index contributed by atoms with van der Waals surface area (Å²) in [4.78, 5) is 18.3. The van der Waals surface area contributed by atoms with Gasteiger partial charge >= 0.3 is 0 Å². The summed E-state index contributed by atoms with van der Waals surface area (Å²) in [5.74, 6) is 0.720. The van der Waals surface area contributed by atoms with Crippen LogP contribution in [0, 0.1) is 0 Å². The van der Waals surface area contributed by atoms with Crippen molar-refractivity contribution in [1.82, 2.24) is 19.5 Å². The van der Waals surface area contributed by atoms with E-state index in [1.54, 1.807) is 22.8 Å². The van der Waals surface area contributed by atoms with Crippen LogP contribution in [-0.2, 0) is 4.79 Å². The van der Waals surface area contributed by atoms with Crippen molar-refractivity contribution in [3.05, 3.63) is 23.4 Å². The molecule has 1 saturated heterocycles. The van der Waals surface area contributed by atoms with Crippen molar-refractivity contribution in [3.8, 4) is 0 Å². The first kappa shape index (κ1) is 14.1. The molecular formula is C14H18ClN5O. The summed E-state index contributed by atoms with van der Waals surface area (Å²) in [7, 11) is 0. The fourth-order valence-corrected chi connectivity index (χ4v) is 2.67. The maximum absolute atomic E-state index is 12.0. The molecule has 0 radical (unpaired) electrons. The Morgan fingerprint density at radius 3 is 2.90 bits per heavy atom. The van der Waals surface area contributed by atoms with Crippen LogP contribution in [0.3, 0.4) is 0 Å². The van der Waals surface area contributed by atoms with Gasteiger partial charge in [-0.3, -0.25) is 4.79 Å². The number of nitrogens with one attached hydrogen (secondary N) is 1. The molecule has 6 nitrogen and oxygen atoms in total. The Balaban J connectivity index is 1.53. The maximum Gasteiger partial charge on any atom is 0.243 e. The van der Waals surface area contributed by atoms with E-state index in [1.165, 1.54) is 6.42 Å². The number of aromatic nitrogens is 3. The Morgan fingerprint density at radius 2 is 2.10 bits per heavy atom. The third kappa shape index (κ3) is 3.44. The smallest absolute Gasteiger partial charge is 0.243 e. The summed E-state index contributed by atoms with van der Waals surface area (Å²) in [6, 6.07) is 3.58. The molecule has 1 fully saturated rings. The first-order valence-corrected chi connectivity index (χ1v) is 7.64. The van der Waals surface area contributed by atoms with Crippen LogP contribution in [0.2, 0.25) is 5.02 Å². The van der Waals surface area contributed by atoms with Crippen molar-refractivity contribution in [2.75, 3.05) is 25.0 Å². The fraction of sp³-hybridized carbons (Fsp3) is 0.500. The normalized spacial score (nSPS) is 15.4. The highest BCUT2D eigenvalue weighted by molar-refractivity contribution is 6.30. The average Bonchev–Trinajstić information content (AvgIpc) is 2.89. The lowest BCUT2D eigenvalue weighted by Gasteiger charge is -2.26. The number of pyridine rings is 1. The average molecular weight is 308 g/mol. The van der Waals surface area contributed by atoms with Crippen molar-refractivity contribution in [3.63, 3.8) is 0 Å². The molecule has 1 aliphatic rings. The number of nitrogens with zero attached hydrogens (tertiary/aromatic N) is 4. The minimum atomic E-state index is 0.203. The van der Waals surface area contributed by atoms with Gasteiger partial charge in [0.2, 0.25) is 11.9 Å². The van der Waals surface area contributed by atoms with Gasteiger partial charge in [-0.15, -0.1) is 5.10 Å². The number of amides is 1. The molecule has 112 valence electrons. The molecule has 2 aromatic rings. The second-order valence-electron chi connectivity index (χ2n) is 5.20. The lowest BCUT2D eigenvalue weighted by molar-refractivity contribution is -0.131. The topological polar surface area (TPSA) is 62.5 Å². The van der Waals surface area contributed by atoms with E-state index in [0.717, 1.165) is 31.6 Å². The number of fused-ring (bicyclic) bond motifs is 1. The SMILES string of the molecule is O=C(CCNc1nc2ccc(Cl)cn2n1)N1CCCCC1. The highest BCUT2D eigenvalue weighted by Crippen LogP contribution is 2.12. The van der Waals surface area contributed by atoms with Crippen LogP contribution in [0.15, 0.2) is 18.3 Å². The van der Waals surface area contributed by atoms with Crippen LogP contribution in [0.1, 0.15) is 25.7 Å². The number of piperidine rings is 1. The second-order valence-corrected chi connectivity index (χ2v) is 5.64. The minimum Gasteiger partial charge on any atom is -0.352 e. The number of likely N-dealkylation sites (tertiary alicyclic amines) is 1. The maximum atomic E-state index is 12.0. The Bertz CT molecular complexity index is 635. The molecule has 0 atom stereocenters. The monoisotopic (exact) mass is 307 g/mol. The zero-order valence-corrected chi connectivity index (χ0v) is 12.5. The Morgan fingerprint density at radius 1 is 1.29 bits per heavy atom. The van der Waals surface area contributed by atoms with Gasteiger partial charge in [-0.25, -0.2) is 4.52 Å². The van der Waals surface area contributed by atoms with E-state index >= 15 is 0 Å². The van der Waals surface area contributed by atoms with E-state index in [-0.39, 0.29) is 5.91 Å². The lowest BCUT2D eigenvalue weighted by atomic mass is 10.1. The number of halogens is 1. The highest BCUT2D eigenvalue weighted by atomic mass is 35.5. The molecule has 3 heterocycles. The second kappa shape index (κ2) is 6.30. The van der Waals surface area contributed by atoms with Crippen molar-refractivity contribution >= 4 is 29.1 Å². The van der Waals surface area contributed by atoms with Gasteiger partial charge < -0.3 is 10.2 Å². The van der Waals surface area contributed by atoms with Crippen LogP contribution in [0.25, 0.3) is 5.65 Å². The van der Waals surface area contributed by atoms with Crippen LogP contribution in [0.4, 0.5) is 5.95 Å². The first-order chi connectivity index (χ1) is 10.2. The van der Waals surface area contributed by atoms with E-state index < -0.39 is 0 Å². The molecular weight excluding hydrogens is 290 g/mol. The molecule has 0 bridgehead atoms. The van der Waals surface area contributed by atoms with Gasteiger partial charge in [0.1, 0.15) is 0 Å². The Hall–Kier alpha value is -1.82. The number of hydrogen-bond donors (Lipinski definition) is 1. The number of hydrogen-bond acceptors (Lipinski definition) is 4. The third-order valence-electron chi connectivity index (χ3n) is 3.63. The fourth-order valence-electron chi connectivity index (χ4n) is 2.52. The molecule has 1 amide bonds. The van der Waals surface area contributed by atoms with Crippen LogP contribution in [-0.4, -0.2) is 45.0 Å². The van der Waals surface area contributed by atoms with Crippen molar-refractivity contribution < 1.29 is 4.79 Å². The van der Waals surface area contributed by atoms with E-state index in [0.29, 0.717) is 23.9 Å². The standard InChI is InChI=1S/C14H18ClN5O/c15-11-4-5-12-17-14(18-20(12)10-11)16-7-6-13(21)19-8-2-1-3-9-19/h4-5,10H,1-3,6-9H2,(H,16,18). The number of carbonyl (C=O) groups is 1. The van der Waals surface area contributed by atoms with Gasteiger partial charge in [0, 0.05) is 32.3 Å². The lowest BCUT2D eigenvalue weighted by Crippen LogP contribution is -2.36. The summed E-state index contributed by atoms with van der Waals surface area (Å²) in [6.07, 6.45) is 5.64. The zero-order valence-electron chi connectivity index (χ0n) is 11.8. The molecule has 3 rings (SSSR count). The molecule has 7 heteroatoms. The molecule has 2 aromatic heterocycles. The molecule has 0 unspecified atom stereocenters. The van der Waals surface area contributed by atoms with E-state index in [1.807, 2.05) is 4.90 Å². The number of carbonyl (C=O) groups excluding carboxylic acids is 1. The molecule has 0 aliphatic carbocycles. The largest absolute Gasteiger partial charge is 0.352 e. The zero-order chi connectivity index (χ0) is 14.7.